The number of hydrogen-bond acceptors (Lipinski definition) is 2. The third kappa shape index (κ3) is 2.96. The molecule has 0 fully saturated rings. The first kappa shape index (κ1) is 12.1. The zero-order chi connectivity index (χ0) is 11.4. The Morgan fingerprint density at radius 2 is 1.87 bits per heavy atom. The van der Waals surface area contributed by atoms with E-state index in [4.69, 9.17) is 4.74 Å². The molecule has 0 bridgehead atoms. The molecule has 15 heavy (non-hydrogen) atoms. The lowest BCUT2D eigenvalue weighted by atomic mass is 9.89. The Morgan fingerprint density at radius 3 is 2.40 bits per heavy atom. The summed E-state index contributed by atoms with van der Waals surface area (Å²) in [5.41, 5.74) is 1.12. The van der Waals surface area contributed by atoms with Crippen molar-refractivity contribution in [3.05, 3.63) is 29.8 Å². The molecule has 2 nitrogen and oxygen atoms in total. The van der Waals surface area contributed by atoms with Crippen molar-refractivity contribution in [2.45, 2.75) is 32.8 Å². The van der Waals surface area contributed by atoms with Crippen LogP contribution in [-0.2, 0) is 0 Å². The Kier molecular flexibility index (Phi) is 4.15. The predicted octanol–water partition coefficient (Wildman–Crippen LogP) is 2.82. The summed E-state index contributed by atoms with van der Waals surface area (Å²) in [4.78, 5) is 0. The van der Waals surface area contributed by atoms with E-state index in [1.54, 1.807) is 7.11 Å². The second kappa shape index (κ2) is 5.17. The van der Waals surface area contributed by atoms with Crippen LogP contribution in [0.4, 0.5) is 0 Å². The summed E-state index contributed by atoms with van der Waals surface area (Å²) in [6.45, 7) is 6.10. The van der Waals surface area contributed by atoms with E-state index in [9.17, 15) is 5.11 Å². The van der Waals surface area contributed by atoms with Gasteiger partial charge in [-0.15, -0.1) is 0 Å². The minimum absolute atomic E-state index is 0.139. The summed E-state index contributed by atoms with van der Waals surface area (Å²) in [5, 5.41) is 9.97. The van der Waals surface area contributed by atoms with Gasteiger partial charge in [0.05, 0.1) is 13.2 Å². The molecule has 1 aromatic carbocycles. The van der Waals surface area contributed by atoms with Gasteiger partial charge in [-0.3, -0.25) is 0 Å². The minimum atomic E-state index is -0.308. The Balaban J connectivity index is 2.85. The van der Waals surface area contributed by atoms with Crippen LogP contribution in [0.3, 0.4) is 0 Å². The lowest BCUT2D eigenvalue weighted by molar-refractivity contribution is 0.102. The molecule has 0 aliphatic heterocycles. The average Bonchev–Trinajstić information content (AvgIpc) is 2.27. The highest BCUT2D eigenvalue weighted by Crippen LogP contribution is 2.26. The molecular formula is C13H20O2. The zero-order valence-electron chi connectivity index (χ0n) is 9.90. The molecule has 2 atom stereocenters. The fraction of sp³-hybridized carbons (Fsp3) is 0.538. The molecule has 0 saturated carbocycles. The van der Waals surface area contributed by atoms with Gasteiger partial charge in [0.25, 0.3) is 0 Å². The number of aliphatic hydroxyl groups excluding tert-OH is 1. The molecule has 2 heteroatoms. The summed E-state index contributed by atoms with van der Waals surface area (Å²) in [6, 6.07) is 7.88. The van der Waals surface area contributed by atoms with Crippen molar-refractivity contribution in [3.8, 4) is 5.75 Å². The van der Waals surface area contributed by atoms with Gasteiger partial charge in [0, 0.05) is 5.92 Å². The third-order valence-corrected chi connectivity index (χ3v) is 2.81. The van der Waals surface area contributed by atoms with Crippen LogP contribution in [0.2, 0.25) is 0 Å². The molecule has 0 radical (unpaired) electrons. The molecule has 0 aliphatic rings. The first-order valence-electron chi connectivity index (χ1n) is 5.38. The van der Waals surface area contributed by atoms with Gasteiger partial charge in [0.2, 0.25) is 0 Å². The quantitative estimate of drug-likeness (QED) is 0.824. The highest BCUT2D eigenvalue weighted by Gasteiger charge is 2.19. The van der Waals surface area contributed by atoms with Gasteiger partial charge in [-0.05, 0) is 23.6 Å². The van der Waals surface area contributed by atoms with E-state index in [0.717, 1.165) is 11.3 Å². The lowest BCUT2D eigenvalue weighted by Crippen LogP contribution is -2.21. The van der Waals surface area contributed by atoms with Gasteiger partial charge in [-0.25, -0.2) is 0 Å². The highest BCUT2D eigenvalue weighted by atomic mass is 16.5. The van der Waals surface area contributed by atoms with E-state index in [2.05, 4.69) is 0 Å². The van der Waals surface area contributed by atoms with Crippen LogP contribution in [0.1, 0.15) is 32.3 Å². The van der Waals surface area contributed by atoms with Crippen LogP contribution < -0.4 is 4.74 Å². The first-order valence-corrected chi connectivity index (χ1v) is 5.38. The third-order valence-electron chi connectivity index (χ3n) is 2.81. The predicted molar refractivity (Wildman–Crippen MR) is 62.3 cm³/mol. The van der Waals surface area contributed by atoms with Crippen LogP contribution in [0.15, 0.2) is 24.3 Å². The van der Waals surface area contributed by atoms with E-state index < -0.39 is 0 Å². The number of ether oxygens (including phenoxy) is 1. The number of rotatable bonds is 4. The largest absolute Gasteiger partial charge is 0.497 e. The van der Waals surface area contributed by atoms with Crippen LogP contribution >= 0.6 is 0 Å². The van der Waals surface area contributed by atoms with Gasteiger partial charge >= 0.3 is 0 Å². The first-order chi connectivity index (χ1) is 7.06. The lowest BCUT2D eigenvalue weighted by Gasteiger charge is -2.22. The molecule has 1 aromatic rings. The van der Waals surface area contributed by atoms with Crippen LogP contribution in [-0.4, -0.2) is 18.3 Å². The SMILES string of the molecule is COc1cccc([C@H](C)[C@H](O)C(C)C)c1. The average molecular weight is 208 g/mol. The number of methoxy groups -OCH3 is 1. The molecule has 0 saturated heterocycles. The fourth-order valence-electron chi connectivity index (χ4n) is 1.70. The van der Waals surface area contributed by atoms with Crippen molar-refractivity contribution in [2.24, 2.45) is 5.92 Å². The van der Waals surface area contributed by atoms with Crippen LogP contribution in [0, 0.1) is 5.92 Å². The molecule has 0 aromatic heterocycles. The minimum Gasteiger partial charge on any atom is -0.497 e. The van der Waals surface area contributed by atoms with E-state index in [1.165, 1.54) is 0 Å². The summed E-state index contributed by atoms with van der Waals surface area (Å²) in [7, 11) is 1.66. The standard InChI is InChI=1S/C13H20O2/c1-9(2)13(14)10(3)11-6-5-7-12(8-11)15-4/h5-10,13-14H,1-4H3/t10-,13+/m0/s1. The molecule has 0 heterocycles. The van der Waals surface area contributed by atoms with Crippen molar-refractivity contribution in [3.63, 3.8) is 0 Å². The fourth-order valence-corrected chi connectivity index (χ4v) is 1.70. The number of hydrogen-bond donors (Lipinski definition) is 1. The van der Waals surface area contributed by atoms with E-state index in [0.29, 0.717) is 0 Å². The normalized spacial score (nSPS) is 15.1. The van der Waals surface area contributed by atoms with Crippen LogP contribution in [0.25, 0.3) is 0 Å². The molecule has 0 amide bonds. The molecule has 0 aliphatic carbocycles. The summed E-state index contributed by atoms with van der Waals surface area (Å²) in [6.07, 6.45) is -0.308. The van der Waals surface area contributed by atoms with E-state index in [1.807, 2.05) is 45.0 Å². The zero-order valence-corrected chi connectivity index (χ0v) is 9.90. The van der Waals surface area contributed by atoms with Crippen molar-refractivity contribution in [1.82, 2.24) is 0 Å². The molecule has 1 N–H and O–H groups in total. The maximum atomic E-state index is 9.97. The molecule has 84 valence electrons. The number of benzene rings is 1. The summed E-state index contributed by atoms with van der Waals surface area (Å²) in [5.74, 6) is 1.25. The molecular weight excluding hydrogens is 188 g/mol. The second-order valence-electron chi connectivity index (χ2n) is 4.30. The molecule has 0 spiro atoms. The molecule has 1 rings (SSSR count). The summed E-state index contributed by atoms with van der Waals surface area (Å²) < 4.78 is 5.16. The van der Waals surface area contributed by atoms with Crippen molar-refractivity contribution in [2.75, 3.05) is 7.11 Å². The Labute approximate surface area is 91.9 Å². The molecule has 0 unspecified atom stereocenters. The Hall–Kier alpha value is -1.02. The smallest absolute Gasteiger partial charge is 0.119 e. The van der Waals surface area contributed by atoms with Crippen molar-refractivity contribution >= 4 is 0 Å². The van der Waals surface area contributed by atoms with Crippen molar-refractivity contribution < 1.29 is 9.84 Å². The van der Waals surface area contributed by atoms with Crippen LogP contribution in [0.5, 0.6) is 5.75 Å². The number of aliphatic hydroxyl groups is 1. The van der Waals surface area contributed by atoms with E-state index >= 15 is 0 Å². The van der Waals surface area contributed by atoms with Gasteiger partial charge in [-0.1, -0.05) is 32.9 Å². The maximum Gasteiger partial charge on any atom is 0.119 e. The highest BCUT2D eigenvalue weighted by molar-refractivity contribution is 5.31. The monoisotopic (exact) mass is 208 g/mol. The van der Waals surface area contributed by atoms with Gasteiger partial charge in [0.1, 0.15) is 5.75 Å². The topological polar surface area (TPSA) is 29.5 Å². The van der Waals surface area contributed by atoms with Gasteiger partial charge in [0.15, 0.2) is 0 Å². The van der Waals surface area contributed by atoms with E-state index in [-0.39, 0.29) is 17.9 Å². The Bertz CT molecular complexity index is 307. The second-order valence-corrected chi connectivity index (χ2v) is 4.30. The van der Waals surface area contributed by atoms with Crippen molar-refractivity contribution in [1.29, 1.82) is 0 Å². The summed E-state index contributed by atoms with van der Waals surface area (Å²) >= 11 is 0. The maximum absolute atomic E-state index is 9.97. The van der Waals surface area contributed by atoms with Gasteiger partial charge < -0.3 is 9.84 Å². The van der Waals surface area contributed by atoms with Gasteiger partial charge in [-0.2, -0.15) is 0 Å². The Morgan fingerprint density at radius 1 is 1.20 bits per heavy atom.